The van der Waals surface area contributed by atoms with Crippen LogP contribution in [0.4, 0.5) is 0 Å². The van der Waals surface area contributed by atoms with Gasteiger partial charge < -0.3 is 13.9 Å². The summed E-state index contributed by atoms with van der Waals surface area (Å²) < 4.78 is 7.51. The van der Waals surface area contributed by atoms with E-state index in [-0.39, 0.29) is 11.9 Å². The zero-order chi connectivity index (χ0) is 16.5. The Kier molecular flexibility index (Phi) is 3.93. The van der Waals surface area contributed by atoms with Crippen molar-refractivity contribution in [2.24, 2.45) is 0 Å². The summed E-state index contributed by atoms with van der Waals surface area (Å²) in [6.45, 7) is 3.47. The van der Waals surface area contributed by atoms with Gasteiger partial charge in [-0.2, -0.15) is 0 Å². The van der Waals surface area contributed by atoms with Crippen LogP contribution in [0.2, 0.25) is 0 Å². The number of hydrogen-bond acceptors (Lipinski definition) is 5. The van der Waals surface area contributed by atoms with E-state index in [0.29, 0.717) is 18.0 Å². The third-order valence-corrected chi connectivity index (χ3v) is 5.25. The predicted octanol–water partition coefficient (Wildman–Crippen LogP) is 3.39. The fourth-order valence-corrected chi connectivity index (χ4v) is 3.95. The molecule has 6 nitrogen and oxygen atoms in total. The minimum Gasteiger partial charge on any atom is -0.462 e. The van der Waals surface area contributed by atoms with E-state index in [1.807, 2.05) is 41.7 Å². The quantitative estimate of drug-likeness (QED) is 0.732. The molecular weight excluding hydrogens is 324 g/mol. The summed E-state index contributed by atoms with van der Waals surface area (Å²) in [6.07, 6.45) is 7.47. The highest BCUT2D eigenvalue weighted by Crippen LogP contribution is 2.27. The minimum absolute atomic E-state index is 0.00785. The lowest BCUT2D eigenvalue weighted by Gasteiger charge is -2.33. The maximum absolute atomic E-state index is 12.8. The second-order valence-corrected chi connectivity index (χ2v) is 6.80. The lowest BCUT2D eigenvalue weighted by molar-refractivity contribution is 0.0673. The van der Waals surface area contributed by atoms with Gasteiger partial charge in [-0.25, -0.2) is 9.97 Å². The van der Waals surface area contributed by atoms with E-state index in [9.17, 15) is 4.79 Å². The van der Waals surface area contributed by atoms with E-state index >= 15 is 0 Å². The molecular formula is C17H18N4O2S. The van der Waals surface area contributed by atoms with Gasteiger partial charge >= 0.3 is 0 Å². The number of imidazole rings is 1. The van der Waals surface area contributed by atoms with Crippen LogP contribution in [0.15, 0.2) is 40.6 Å². The van der Waals surface area contributed by atoms with Crippen molar-refractivity contribution >= 4 is 17.2 Å². The molecule has 0 aromatic carbocycles. The number of hydrogen-bond donors (Lipinski definition) is 0. The molecule has 0 unspecified atom stereocenters. The van der Waals surface area contributed by atoms with Crippen molar-refractivity contribution in [3.05, 3.63) is 47.7 Å². The number of carbonyl (C=O) groups excluding carboxylic acids is 1. The highest BCUT2D eigenvalue weighted by molar-refractivity contribution is 7.13. The highest BCUT2D eigenvalue weighted by Gasteiger charge is 2.27. The number of piperidine rings is 1. The molecule has 124 valence electrons. The molecule has 7 heteroatoms. The standard InChI is InChI=1S/C17H18N4O2S/c1-12-18-6-8-21(12)13-4-2-7-20(10-13)17(22)14-11-24-16(19-14)15-5-3-9-23-15/h3,5-6,8-9,11,13H,2,4,7,10H2,1H3/t13-/m0/s1. The Hall–Kier alpha value is -2.41. The molecule has 1 fully saturated rings. The van der Waals surface area contributed by atoms with Gasteiger partial charge in [-0.3, -0.25) is 4.79 Å². The van der Waals surface area contributed by atoms with E-state index in [2.05, 4.69) is 14.5 Å². The monoisotopic (exact) mass is 342 g/mol. The summed E-state index contributed by atoms with van der Waals surface area (Å²) in [5.41, 5.74) is 0.495. The molecule has 24 heavy (non-hydrogen) atoms. The Morgan fingerprint density at radius 1 is 1.46 bits per heavy atom. The summed E-state index contributed by atoms with van der Waals surface area (Å²) in [6, 6.07) is 3.96. The number of carbonyl (C=O) groups is 1. The van der Waals surface area contributed by atoms with E-state index in [1.165, 1.54) is 11.3 Å². The first-order valence-corrected chi connectivity index (χ1v) is 8.88. The maximum atomic E-state index is 12.8. The van der Waals surface area contributed by atoms with Crippen LogP contribution >= 0.6 is 11.3 Å². The van der Waals surface area contributed by atoms with Gasteiger partial charge in [0.15, 0.2) is 10.8 Å². The van der Waals surface area contributed by atoms with E-state index in [1.54, 1.807) is 6.26 Å². The first kappa shape index (κ1) is 15.1. The molecule has 1 saturated heterocycles. The van der Waals surface area contributed by atoms with E-state index in [0.717, 1.165) is 30.2 Å². The lowest BCUT2D eigenvalue weighted by Crippen LogP contribution is -2.41. The summed E-state index contributed by atoms with van der Waals surface area (Å²) >= 11 is 1.43. The van der Waals surface area contributed by atoms with Crippen LogP contribution in [0, 0.1) is 6.92 Å². The first-order chi connectivity index (χ1) is 11.7. The van der Waals surface area contributed by atoms with Gasteiger partial charge in [0.2, 0.25) is 0 Å². The van der Waals surface area contributed by atoms with E-state index < -0.39 is 0 Å². The molecule has 0 spiro atoms. The van der Waals surface area contributed by atoms with Crippen molar-refractivity contribution in [1.82, 2.24) is 19.4 Å². The molecule has 0 radical (unpaired) electrons. The van der Waals surface area contributed by atoms with Crippen LogP contribution in [0.5, 0.6) is 0 Å². The molecule has 1 amide bonds. The minimum atomic E-state index is -0.00785. The molecule has 3 aromatic heterocycles. The molecule has 4 rings (SSSR count). The van der Waals surface area contributed by atoms with Crippen LogP contribution < -0.4 is 0 Å². The molecule has 0 aliphatic carbocycles. The number of aryl methyl sites for hydroxylation is 1. The number of thiazole rings is 1. The van der Waals surface area contributed by atoms with Crippen molar-refractivity contribution in [2.45, 2.75) is 25.8 Å². The fraction of sp³-hybridized carbons (Fsp3) is 0.353. The summed E-state index contributed by atoms with van der Waals surface area (Å²) in [5.74, 6) is 1.68. The van der Waals surface area contributed by atoms with Crippen molar-refractivity contribution in [3.63, 3.8) is 0 Å². The zero-order valence-corrected chi connectivity index (χ0v) is 14.2. The van der Waals surface area contributed by atoms with Gasteiger partial charge in [0.1, 0.15) is 11.5 Å². The molecule has 0 saturated carbocycles. The predicted molar refractivity (Wildman–Crippen MR) is 91.0 cm³/mol. The largest absolute Gasteiger partial charge is 0.462 e. The van der Waals surface area contributed by atoms with Crippen LogP contribution in [-0.4, -0.2) is 38.4 Å². The van der Waals surface area contributed by atoms with Crippen LogP contribution in [0.25, 0.3) is 10.8 Å². The van der Waals surface area contributed by atoms with Crippen molar-refractivity contribution in [2.75, 3.05) is 13.1 Å². The molecule has 0 bridgehead atoms. The Labute approximate surface area is 143 Å². The Morgan fingerprint density at radius 3 is 3.12 bits per heavy atom. The molecule has 1 atom stereocenters. The normalized spacial score (nSPS) is 18.0. The Balaban J connectivity index is 1.51. The lowest BCUT2D eigenvalue weighted by atomic mass is 10.1. The summed E-state index contributed by atoms with van der Waals surface area (Å²) in [5, 5.41) is 2.55. The SMILES string of the molecule is Cc1nccn1[C@H]1CCCN(C(=O)c2csc(-c3ccco3)n2)C1. The number of nitrogens with zero attached hydrogens (tertiary/aromatic N) is 4. The fourth-order valence-electron chi connectivity index (χ4n) is 3.19. The average Bonchev–Trinajstić information content (AvgIpc) is 3.35. The zero-order valence-electron chi connectivity index (χ0n) is 13.4. The topological polar surface area (TPSA) is 64.2 Å². The van der Waals surface area contributed by atoms with Crippen LogP contribution in [0.3, 0.4) is 0 Å². The Bertz CT molecular complexity index is 837. The van der Waals surface area contributed by atoms with Crippen molar-refractivity contribution in [3.8, 4) is 10.8 Å². The van der Waals surface area contributed by atoms with E-state index in [4.69, 9.17) is 4.42 Å². The highest BCUT2D eigenvalue weighted by atomic mass is 32.1. The number of amides is 1. The first-order valence-electron chi connectivity index (χ1n) is 8.00. The molecule has 1 aliphatic rings. The Morgan fingerprint density at radius 2 is 2.38 bits per heavy atom. The van der Waals surface area contributed by atoms with Gasteiger partial charge in [-0.15, -0.1) is 11.3 Å². The van der Waals surface area contributed by atoms with Gasteiger partial charge in [0.25, 0.3) is 5.91 Å². The number of rotatable bonds is 3. The smallest absolute Gasteiger partial charge is 0.273 e. The average molecular weight is 342 g/mol. The van der Waals surface area contributed by atoms with Crippen molar-refractivity contribution < 1.29 is 9.21 Å². The molecule has 4 heterocycles. The molecule has 1 aliphatic heterocycles. The van der Waals surface area contributed by atoms with Crippen molar-refractivity contribution in [1.29, 1.82) is 0 Å². The second kappa shape index (κ2) is 6.24. The third kappa shape index (κ3) is 2.75. The number of aromatic nitrogens is 3. The second-order valence-electron chi connectivity index (χ2n) is 5.94. The van der Waals surface area contributed by atoms with Crippen LogP contribution in [-0.2, 0) is 0 Å². The number of furan rings is 1. The summed E-state index contributed by atoms with van der Waals surface area (Å²) in [4.78, 5) is 23.4. The van der Waals surface area contributed by atoms with Gasteiger partial charge in [0.05, 0.1) is 12.3 Å². The van der Waals surface area contributed by atoms with Gasteiger partial charge in [-0.1, -0.05) is 0 Å². The van der Waals surface area contributed by atoms with Gasteiger partial charge in [-0.05, 0) is 31.9 Å². The molecule has 0 N–H and O–H groups in total. The summed E-state index contributed by atoms with van der Waals surface area (Å²) in [7, 11) is 0. The van der Waals surface area contributed by atoms with Crippen LogP contribution in [0.1, 0.15) is 35.2 Å². The third-order valence-electron chi connectivity index (χ3n) is 4.39. The number of likely N-dealkylation sites (tertiary alicyclic amines) is 1. The van der Waals surface area contributed by atoms with Gasteiger partial charge in [0, 0.05) is 30.9 Å². The molecule has 3 aromatic rings. The maximum Gasteiger partial charge on any atom is 0.273 e.